The summed E-state index contributed by atoms with van der Waals surface area (Å²) >= 11 is 0. The van der Waals surface area contributed by atoms with Crippen molar-refractivity contribution in [3.63, 3.8) is 0 Å². The highest BCUT2D eigenvalue weighted by atomic mass is 15.1. The lowest BCUT2D eigenvalue weighted by molar-refractivity contribution is 0.388. The van der Waals surface area contributed by atoms with Gasteiger partial charge in [0.15, 0.2) is 0 Å². The molecule has 0 spiro atoms. The van der Waals surface area contributed by atoms with Gasteiger partial charge in [-0.05, 0) is 47.1 Å². The van der Waals surface area contributed by atoms with Crippen LogP contribution in [0.3, 0.4) is 0 Å². The fourth-order valence-electron chi connectivity index (χ4n) is 1.96. The minimum Gasteiger partial charge on any atom is -0.332 e. The van der Waals surface area contributed by atoms with E-state index in [4.69, 9.17) is 0 Å². The summed E-state index contributed by atoms with van der Waals surface area (Å²) in [6.07, 6.45) is 7.39. The van der Waals surface area contributed by atoms with Gasteiger partial charge in [-0.25, -0.2) is 4.98 Å². The average Bonchev–Trinajstić information content (AvgIpc) is 2.64. The Hall–Kier alpha value is -0.830. The van der Waals surface area contributed by atoms with Gasteiger partial charge < -0.3 is 9.88 Å². The van der Waals surface area contributed by atoms with Gasteiger partial charge in [0, 0.05) is 30.4 Å². The van der Waals surface area contributed by atoms with Gasteiger partial charge in [0.2, 0.25) is 0 Å². The number of nitrogens with zero attached hydrogens (tertiary/aromatic N) is 2. The molecule has 98 valence electrons. The quantitative estimate of drug-likeness (QED) is 0.823. The third-order valence-electron chi connectivity index (χ3n) is 2.91. The second-order valence-corrected chi connectivity index (χ2v) is 5.82. The Morgan fingerprint density at radius 1 is 1.41 bits per heavy atom. The first-order valence-corrected chi connectivity index (χ1v) is 6.70. The van der Waals surface area contributed by atoms with Gasteiger partial charge in [-0.1, -0.05) is 6.92 Å². The largest absolute Gasteiger partial charge is 0.332 e. The van der Waals surface area contributed by atoms with E-state index in [1.54, 1.807) is 0 Å². The summed E-state index contributed by atoms with van der Waals surface area (Å²) in [5.41, 5.74) is 0.209. The number of hydrogen-bond donors (Lipinski definition) is 1. The van der Waals surface area contributed by atoms with E-state index < -0.39 is 0 Å². The fourth-order valence-corrected chi connectivity index (χ4v) is 1.96. The number of aryl methyl sites for hydroxylation is 1. The van der Waals surface area contributed by atoms with E-state index in [1.807, 2.05) is 6.20 Å². The molecule has 0 aliphatic carbocycles. The van der Waals surface area contributed by atoms with E-state index in [0.29, 0.717) is 6.04 Å². The summed E-state index contributed by atoms with van der Waals surface area (Å²) in [5, 5.41) is 3.53. The first-order chi connectivity index (χ1) is 7.94. The van der Waals surface area contributed by atoms with Gasteiger partial charge in [0.1, 0.15) is 5.82 Å². The second kappa shape index (κ2) is 6.20. The highest BCUT2D eigenvalue weighted by molar-refractivity contribution is 4.95. The minimum atomic E-state index is 0.209. The molecule has 1 aromatic rings. The van der Waals surface area contributed by atoms with Crippen molar-refractivity contribution in [2.75, 3.05) is 6.54 Å². The summed E-state index contributed by atoms with van der Waals surface area (Å²) in [6, 6.07) is 0.522. The summed E-state index contributed by atoms with van der Waals surface area (Å²) in [5.74, 6) is 1.22. The number of hydrogen-bond acceptors (Lipinski definition) is 2. The van der Waals surface area contributed by atoms with Crippen molar-refractivity contribution in [1.82, 2.24) is 14.9 Å². The highest BCUT2D eigenvalue weighted by Gasteiger charge is 2.12. The summed E-state index contributed by atoms with van der Waals surface area (Å²) in [7, 11) is 0. The Morgan fingerprint density at radius 3 is 2.71 bits per heavy atom. The number of aromatic nitrogens is 2. The molecule has 0 aliphatic heterocycles. The van der Waals surface area contributed by atoms with Gasteiger partial charge in [-0.2, -0.15) is 0 Å². The molecule has 0 amide bonds. The maximum absolute atomic E-state index is 4.43. The molecule has 0 saturated carbocycles. The van der Waals surface area contributed by atoms with Crippen LogP contribution in [0.1, 0.15) is 59.3 Å². The number of nitrogens with one attached hydrogen (secondary N) is 1. The first-order valence-electron chi connectivity index (χ1n) is 6.70. The Bertz CT molecular complexity index is 322. The van der Waals surface area contributed by atoms with Crippen LogP contribution in [-0.2, 0) is 6.42 Å². The van der Waals surface area contributed by atoms with Gasteiger partial charge >= 0.3 is 0 Å². The third kappa shape index (κ3) is 4.90. The van der Waals surface area contributed by atoms with Crippen molar-refractivity contribution in [3.8, 4) is 0 Å². The molecule has 1 rings (SSSR count). The van der Waals surface area contributed by atoms with Crippen molar-refractivity contribution in [1.29, 1.82) is 0 Å². The highest BCUT2D eigenvalue weighted by Crippen LogP contribution is 2.14. The fraction of sp³-hybridized carbons (Fsp3) is 0.786. The Morgan fingerprint density at radius 2 is 2.12 bits per heavy atom. The van der Waals surface area contributed by atoms with Crippen LogP contribution in [0.4, 0.5) is 0 Å². The Labute approximate surface area is 106 Å². The molecular formula is C14H27N3. The lowest BCUT2D eigenvalue weighted by Crippen LogP contribution is -2.37. The SMILES string of the molecule is CCCc1nccn1C(C)CCNC(C)(C)C. The summed E-state index contributed by atoms with van der Waals surface area (Å²) in [6.45, 7) is 12.1. The van der Waals surface area contributed by atoms with Crippen molar-refractivity contribution in [2.45, 2.75) is 65.5 Å². The molecule has 1 aromatic heterocycles. The Kier molecular flexibility index (Phi) is 5.19. The molecule has 1 N–H and O–H groups in total. The number of imidazole rings is 1. The molecule has 0 saturated heterocycles. The molecule has 1 unspecified atom stereocenters. The van der Waals surface area contributed by atoms with Crippen molar-refractivity contribution in [2.24, 2.45) is 0 Å². The Balaban J connectivity index is 2.46. The predicted octanol–water partition coefficient (Wildman–Crippen LogP) is 3.17. The third-order valence-corrected chi connectivity index (χ3v) is 2.91. The lowest BCUT2D eigenvalue weighted by atomic mass is 10.1. The normalized spacial score (nSPS) is 13.9. The first kappa shape index (κ1) is 14.2. The maximum atomic E-state index is 4.43. The molecule has 0 radical (unpaired) electrons. The predicted molar refractivity (Wildman–Crippen MR) is 73.3 cm³/mol. The van der Waals surface area contributed by atoms with Gasteiger partial charge in [0.25, 0.3) is 0 Å². The van der Waals surface area contributed by atoms with Crippen LogP contribution < -0.4 is 5.32 Å². The van der Waals surface area contributed by atoms with E-state index in [-0.39, 0.29) is 5.54 Å². The van der Waals surface area contributed by atoms with Crippen LogP contribution in [0.5, 0.6) is 0 Å². The van der Waals surface area contributed by atoms with Crippen LogP contribution in [0.25, 0.3) is 0 Å². The standard InChI is InChI=1S/C14H27N3/c1-6-7-13-15-10-11-17(13)12(2)8-9-16-14(3,4)5/h10-12,16H,6-9H2,1-5H3. The van der Waals surface area contributed by atoms with E-state index in [9.17, 15) is 0 Å². The molecule has 0 bridgehead atoms. The van der Waals surface area contributed by atoms with Crippen molar-refractivity contribution >= 4 is 0 Å². The zero-order chi connectivity index (χ0) is 12.9. The van der Waals surface area contributed by atoms with Crippen LogP contribution in [0.2, 0.25) is 0 Å². The zero-order valence-corrected chi connectivity index (χ0v) is 12.0. The van der Waals surface area contributed by atoms with E-state index in [2.05, 4.69) is 55.7 Å². The van der Waals surface area contributed by atoms with Crippen LogP contribution in [0.15, 0.2) is 12.4 Å². The molecule has 0 aromatic carbocycles. The topological polar surface area (TPSA) is 29.9 Å². The molecule has 0 aliphatic rings. The van der Waals surface area contributed by atoms with Gasteiger partial charge in [-0.15, -0.1) is 0 Å². The molecule has 1 heterocycles. The molecule has 1 atom stereocenters. The molecular weight excluding hydrogens is 210 g/mol. The van der Waals surface area contributed by atoms with Gasteiger partial charge in [0.05, 0.1) is 0 Å². The molecule has 17 heavy (non-hydrogen) atoms. The molecule has 3 heteroatoms. The summed E-state index contributed by atoms with van der Waals surface area (Å²) < 4.78 is 2.31. The van der Waals surface area contributed by atoms with Crippen LogP contribution in [-0.4, -0.2) is 21.6 Å². The lowest BCUT2D eigenvalue weighted by Gasteiger charge is -2.23. The van der Waals surface area contributed by atoms with E-state index in [0.717, 1.165) is 25.8 Å². The number of rotatable bonds is 6. The van der Waals surface area contributed by atoms with E-state index in [1.165, 1.54) is 5.82 Å². The van der Waals surface area contributed by atoms with Crippen LogP contribution >= 0.6 is 0 Å². The van der Waals surface area contributed by atoms with Gasteiger partial charge in [-0.3, -0.25) is 0 Å². The zero-order valence-electron chi connectivity index (χ0n) is 12.0. The molecule has 3 nitrogen and oxygen atoms in total. The van der Waals surface area contributed by atoms with Crippen molar-refractivity contribution < 1.29 is 0 Å². The smallest absolute Gasteiger partial charge is 0.108 e. The van der Waals surface area contributed by atoms with Crippen molar-refractivity contribution in [3.05, 3.63) is 18.2 Å². The summed E-state index contributed by atoms with van der Waals surface area (Å²) in [4.78, 5) is 4.43. The monoisotopic (exact) mass is 237 g/mol. The average molecular weight is 237 g/mol. The minimum absolute atomic E-state index is 0.209. The molecule has 0 fully saturated rings. The second-order valence-electron chi connectivity index (χ2n) is 5.82. The van der Waals surface area contributed by atoms with E-state index >= 15 is 0 Å². The maximum Gasteiger partial charge on any atom is 0.108 e. The van der Waals surface area contributed by atoms with Crippen LogP contribution in [0, 0.1) is 0 Å².